The Morgan fingerprint density at radius 3 is 2.95 bits per heavy atom. The highest BCUT2D eigenvalue weighted by Gasteiger charge is 2.49. The van der Waals surface area contributed by atoms with Crippen LogP contribution in [-0.2, 0) is 16.7 Å². The maximum atomic E-state index is 11.5. The molecule has 4 rings (SSSR count). The molecular formula is C17H21NO3S. The van der Waals surface area contributed by atoms with Crippen LogP contribution in [0.15, 0.2) is 16.5 Å². The van der Waals surface area contributed by atoms with Gasteiger partial charge in [0.15, 0.2) is 5.75 Å². The van der Waals surface area contributed by atoms with Crippen molar-refractivity contribution in [3.05, 3.63) is 28.8 Å². The molecule has 0 spiro atoms. The first-order chi connectivity index (χ1) is 10.4. The molecule has 0 radical (unpaired) electrons. The molecule has 0 amide bonds. The lowest BCUT2D eigenvalue weighted by atomic mass is 9.62. The van der Waals surface area contributed by atoms with Crippen molar-refractivity contribution in [3.8, 4) is 5.75 Å². The van der Waals surface area contributed by atoms with Gasteiger partial charge in [-0.05, 0) is 60.1 Å². The van der Waals surface area contributed by atoms with E-state index in [1.807, 2.05) is 6.07 Å². The average Bonchev–Trinajstić information content (AvgIpc) is 2.82. The van der Waals surface area contributed by atoms with E-state index < -0.39 is 10.3 Å². The Kier molecular flexibility index (Phi) is 2.96. The molecule has 3 aliphatic rings. The third kappa shape index (κ3) is 1.87. The summed E-state index contributed by atoms with van der Waals surface area (Å²) in [5, 5.41) is 0. The molecule has 5 heteroatoms. The van der Waals surface area contributed by atoms with E-state index in [1.54, 1.807) is 0 Å². The molecular weight excluding hydrogens is 298 g/mol. The fourth-order valence-electron chi connectivity index (χ4n) is 5.00. The molecule has 1 aliphatic heterocycles. The van der Waals surface area contributed by atoms with Gasteiger partial charge in [-0.2, -0.15) is 8.42 Å². The van der Waals surface area contributed by atoms with E-state index in [1.165, 1.54) is 43.0 Å². The minimum atomic E-state index is -3.80. The van der Waals surface area contributed by atoms with Crippen molar-refractivity contribution in [3.63, 3.8) is 0 Å². The van der Waals surface area contributed by atoms with Gasteiger partial charge in [0.1, 0.15) is 0 Å². The highest BCUT2D eigenvalue weighted by atomic mass is 32.2. The summed E-state index contributed by atoms with van der Waals surface area (Å²) in [6.07, 6.45) is 7.40. The molecule has 1 saturated carbocycles. The van der Waals surface area contributed by atoms with Crippen LogP contribution in [0.1, 0.15) is 62.1 Å². The molecule has 0 aromatic heterocycles. The standard InChI is InChI=1S/C17H21NO3S/c1-3-11-4-6-15-13-5-7-16-14(10-18-22(19,20)21-16)12(13)8-9-17(11,15)2/h5,7,10-11,15H,3-4,6,8-9H2,1-2H3/t11-,15-,17+/m0/s1. The first-order valence-electron chi connectivity index (χ1n) is 8.10. The Morgan fingerprint density at radius 2 is 2.18 bits per heavy atom. The van der Waals surface area contributed by atoms with Crippen molar-refractivity contribution < 1.29 is 12.6 Å². The smallest absolute Gasteiger partial charge is 0.365 e. The van der Waals surface area contributed by atoms with Gasteiger partial charge in [0.25, 0.3) is 0 Å². The predicted octanol–water partition coefficient (Wildman–Crippen LogP) is 3.60. The second-order valence-electron chi connectivity index (χ2n) is 7.03. The van der Waals surface area contributed by atoms with Crippen molar-refractivity contribution in [1.82, 2.24) is 0 Å². The fraction of sp³-hybridized carbons (Fsp3) is 0.588. The molecule has 1 aromatic rings. The first kappa shape index (κ1) is 14.2. The molecule has 0 N–H and O–H groups in total. The fourth-order valence-corrected chi connectivity index (χ4v) is 5.65. The lowest BCUT2D eigenvalue weighted by Crippen LogP contribution is -2.33. The zero-order valence-electron chi connectivity index (χ0n) is 13.0. The van der Waals surface area contributed by atoms with Crippen LogP contribution in [0.2, 0.25) is 0 Å². The van der Waals surface area contributed by atoms with Crippen LogP contribution >= 0.6 is 0 Å². The highest BCUT2D eigenvalue weighted by Crippen LogP contribution is 2.60. The van der Waals surface area contributed by atoms with Crippen molar-refractivity contribution in [2.24, 2.45) is 15.7 Å². The quantitative estimate of drug-likeness (QED) is 0.794. The van der Waals surface area contributed by atoms with Crippen molar-refractivity contribution >= 4 is 16.5 Å². The van der Waals surface area contributed by atoms with E-state index in [0.717, 1.165) is 17.9 Å². The summed E-state index contributed by atoms with van der Waals surface area (Å²) in [6.45, 7) is 4.74. The van der Waals surface area contributed by atoms with Crippen LogP contribution in [0.5, 0.6) is 5.75 Å². The Morgan fingerprint density at radius 1 is 1.36 bits per heavy atom. The van der Waals surface area contributed by atoms with Crippen molar-refractivity contribution in [2.45, 2.75) is 51.9 Å². The number of hydrogen-bond donors (Lipinski definition) is 0. The summed E-state index contributed by atoms with van der Waals surface area (Å²) in [4.78, 5) is 0. The van der Waals surface area contributed by atoms with Gasteiger partial charge >= 0.3 is 10.3 Å². The van der Waals surface area contributed by atoms with E-state index in [4.69, 9.17) is 4.18 Å². The van der Waals surface area contributed by atoms with E-state index in [9.17, 15) is 8.42 Å². The summed E-state index contributed by atoms with van der Waals surface area (Å²) >= 11 is 0. The third-order valence-corrected chi connectivity index (χ3v) is 6.93. The zero-order valence-corrected chi connectivity index (χ0v) is 13.8. The summed E-state index contributed by atoms with van der Waals surface area (Å²) in [5.74, 6) is 1.81. The molecule has 0 unspecified atom stereocenters. The van der Waals surface area contributed by atoms with Gasteiger partial charge in [-0.1, -0.05) is 26.3 Å². The molecule has 1 heterocycles. The van der Waals surface area contributed by atoms with E-state index in [0.29, 0.717) is 17.1 Å². The Bertz CT molecular complexity index is 768. The Hall–Kier alpha value is -1.36. The number of fused-ring (bicyclic) bond motifs is 5. The zero-order chi connectivity index (χ0) is 15.5. The average molecular weight is 319 g/mol. The van der Waals surface area contributed by atoms with Gasteiger partial charge in [0.05, 0.1) is 6.21 Å². The van der Waals surface area contributed by atoms with E-state index in [2.05, 4.69) is 24.3 Å². The largest absolute Gasteiger partial charge is 0.428 e. The maximum absolute atomic E-state index is 11.5. The SMILES string of the molecule is CC[C@H]1CC[C@H]2c3ccc4c(c3CC[C@]12C)C=NS(=O)(=O)O4. The predicted molar refractivity (Wildman–Crippen MR) is 85.8 cm³/mol. The Labute approximate surface area is 131 Å². The molecule has 4 nitrogen and oxygen atoms in total. The van der Waals surface area contributed by atoms with Gasteiger partial charge < -0.3 is 4.18 Å². The summed E-state index contributed by atoms with van der Waals surface area (Å²) in [5.41, 5.74) is 3.89. The molecule has 118 valence electrons. The number of hydrogen-bond acceptors (Lipinski definition) is 3. The van der Waals surface area contributed by atoms with Crippen molar-refractivity contribution in [1.29, 1.82) is 0 Å². The van der Waals surface area contributed by atoms with Crippen LogP contribution in [0.4, 0.5) is 0 Å². The van der Waals surface area contributed by atoms with Crippen molar-refractivity contribution in [2.75, 3.05) is 0 Å². The molecule has 0 bridgehead atoms. The molecule has 0 saturated heterocycles. The topological polar surface area (TPSA) is 55.7 Å². The monoisotopic (exact) mass is 319 g/mol. The first-order valence-corrected chi connectivity index (χ1v) is 9.46. The van der Waals surface area contributed by atoms with Gasteiger partial charge in [-0.15, -0.1) is 4.40 Å². The van der Waals surface area contributed by atoms with Gasteiger partial charge in [-0.3, -0.25) is 0 Å². The molecule has 2 aliphatic carbocycles. The summed E-state index contributed by atoms with van der Waals surface area (Å²) < 4.78 is 31.6. The second kappa shape index (κ2) is 4.57. The molecule has 22 heavy (non-hydrogen) atoms. The molecule has 1 aromatic carbocycles. The van der Waals surface area contributed by atoms with Gasteiger partial charge in [-0.25, -0.2) is 0 Å². The minimum Gasteiger partial charge on any atom is -0.365 e. The number of benzene rings is 1. The van der Waals surface area contributed by atoms with E-state index >= 15 is 0 Å². The normalized spacial score (nSPS) is 34.5. The number of nitrogens with zero attached hydrogens (tertiary/aromatic N) is 1. The maximum Gasteiger partial charge on any atom is 0.428 e. The second-order valence-corrected chi connectivity index (χ2v) is 8.26. The molecule has 1 fully saturated rings. The van der Waals surface area contributed by atoms with Gasteiger partial charge in [0, 0.05) is 5.56 Å². The van der Waals surface area contributed by atoms with Crippen LogP contribution < -0.4 is 4.18 Å². The third-order valence-electron chi connectivity index (χ3n) is 6.17. The lowest BCUT2D eigenvalue weighted by Gasteiger charge is -2.42. The van der Waals surface area contributed by atoms with Crippen LogP contribution in [0.25, 0.3) is 0 Å². The summed E-state index contributed by atoms with van der Waals surface area (Å²) in [7, 11) is -3.80. The minimum absolute atomic E-state index is 0.384. The van der Waals surface area contributed by atoms with Gasteiger partial charge in [0.2, 0.25) is 0 Å². The number of rotatable bonds is 1. The molecule has 3 atom stereocenters. The highest BCUT2D eigenvalue weighted by molar-refractivity contribution is 7.86. The van der Waals surface area contributed by atoms with Crippen LogP contribution in [-0.4, -0.2) is 14.6 Å². The Balaban J connectivity index is 1.83. The van der Waals surface area contributed by atoms with Crippen LogP contribution in [0.3, 0.4) is 0 Å². The summed E-state index contributed by atoms with van der Waals surface area (Å²) in [6, 6.07) is 3.89. The van der Waals surface area contributed by atoms with Crippen LogP contribution in [0, 0.1) is 11.3 Å². The van der Waals surface area contributed by atoms with E-state index in [-0.39, 0.29) is 0 Å². The lowest BCUT2D eigenvalue weighted by molar-refractivity contribution is 0.168.